The molecule has 9 heteroatoms. The predicted molar refractivity (Wildman–Crippen MR) is 163 cm³/mol. The quantitative estimate of drug-likeness (QED) is 0.312. The topological polar surface area (TPSA) is 114 Å². The van der Waals surface area contributed by atoms with Gasteiger partial charge in [0.05, 0.1) is 13.0 Å². The summed E-state index contributed by atoms with van der Waals surface area (Å²) in [6, 6.07) is 4.60. The number of fused-ring (bicyclic) bond motifs is 1. The van der Waals surface area contributed by atoms with Gasteiger partial charge in [-0.25, -0.2) is 4.79 Å². The third-order valence-electron chi connectivity index (χ3n) is 9.47. The molecule has 1 heterocycles. The van der Waals surface area contributed by atoms with Crippen molar-refractivity contribution >= 4 is 18.0 Å². The van der Waals surface area contributed by atoms with Crippen molar-refractivity contribution in [1.82, 2.24) is 10.2 Å². The summed E-state index contributed by atoms with van der Waals surface area (Å²) >= 11 is 0. The van der Waals surface area contributed by atoms with Gasteiger partial charge < -0.3 is 29.5 Å². The Hall–Kier alpha value is -3.49. The minimum atomic E-state index is -0.457. The number of allylic oxidation sites excluding steroid dienone is 3. The van der Waals surface area contributed by atoms with E-state index in [1.807, 2.05) is 13.8 Å². The van der Waals surface area contributed by atoms with E-state index in [9.17, 15) is 19.5 Å². The monoisotopic (exact) mass is 596 g/mol. The van der Waals surface area contributed by atoms with E-state index in [1.165, 1.54) is 18.7 Å². The Morgan fingerprint density at radius 3 is 2.67 bits per heavy atom. The molecule has 1 aliphatic heterocycles. The average molecular weight is 597 g/mol. The molecule has 2 N–H and O–H groups in total. The number of rotatable bonds is 11. The molecular weight excluding hydrogens is 548 g/mol. The second kappa shape index (κ2) is 14.3. The summed E-state index contributed by atoms with van der Waals surface area (Å²) in [6.07, 6.45) is 9.49. The van der Waals surface area contributed by atoms with Crippen LogP contribution in [0.4, 0.5) is 4.79 Å². The van der Waals surface area contributed by atoms with Crippen molar-refractivity contribution < 1.29 is 33.7 Å². The zero-order chi connectivity index (χ0) is 31.3. The lowest BCUT2D eigenvalue weighted by atomic mass is 9.65. The van der Waals surface area contributed by atoms with E-state index in [4.69, 9.17) is 14.2 Å². The van der Waals surface area contributed by atoms with Crippen LogP contribution in [0.5, 0.6) is 11.5 Å². The molecule has 236 valence electrons. The summed E-state index contributed by atoms with van der Waals surface area (Å²) in [6.45, 7) is 8.52. The first-order chi connectivity index (χ1) is 20.5. The van der Waals surface area contributed by atoms with Crippen LogP contribution in [0, 0.1) is 29.6 Å². The van der Waals surface area contributed by atoms with E-state index in [-0.39, 0.29) is 72.5 Å². The van der Waals surface area contributed by atoms with E-state index in [1.54, 1.807) is 24.1 Å². The maximum absolute atomic E-state index is 13.4. The highest BCUT2D eigenvalue weighted by molar-refractivity contribution is 5.78. The van der Waals surface area contributed by atoms with Gasteiger partial charge in [-0.3, -0.25) is 9.59 Å². The zero-order valence-corrected chi connectivity index (χ0v) is 26.4. The second-order valence-corrected chi connectivity index (χ2v) is 12.6. The van der Waals surface area contributed by atoms with E-state index in [0.29, 0.717) is 24.5 Å². The number of nitrogens with one attached hydrogen (secondary N) is 1. The SMILES string of the molecule is CC[C@H](C)C(=O)O[C@H]1C[C@@H](C)C=C2C=C[C@H](C)[C@H](CC[C@@H]3C[C@H](CC(=O)NC)N(Cc4ccc(O)c(OC)c4)C(=O)O3)[C@H]21. The van der Waals surface area contributed by atoms with Gasteiger partial charge in [-0.15, -0.1) is 0 Å². The third kappa shape index (κ3) is 7.73. The fourth-order valence-electron chi connectivity index (χ4n) is 6.77. The molecule has 1 saturated heterocycles. The fraction of sp³-hybridized carbons (Fsp3) is 0.618. The number of nitrogens with zero attached hydrogens (tertiary/aromatic N) is 1. The van der Waals surface area contributed by atoms with Gasteiger partial charge in [0.15, 0.2) is 11.5 Å². The van der Waals surface area contributed by atoms with Gasteiger partial charge in [-0.2, -0.15) is 0 Å². The highest BCUT2D eigenvalue weighted by Gasteiger charge is 2.43. The third-order valence-corrected chi connectivity index (χ3v) is 9.47. The normalized spacial score (nSPS) is 29.2. The largest absolute Gasteiger partial charge is 0.504 e. The molecule has 4 rings (SSSR count). The highest BCUT2D eigenvalue weighted by Crippen LogP contribution is 2.45. The number of phenols is 1. The fourth-order valence-corrected chi connectivity index (χ4v) is 6.77. The summed E-state index contributed by atoms with van der Waals surface area (Å²) < 4.78 is 17.4. The molecule has 0 bridgehead atoms. The Morgan fingerprint density at radius 2 is 1.98 bits per heavy atom. The number of benzene rings is 1. The van der Waals surface area contributed by atoms with Gasteiger partial charge >= 0.3 is 12.1 Å². The predicted octanol–water partition coefficient (Wildman–Crippen LogP) is 5.76. The van der Waals surface area contributed by atoms with Gasteiger partial charge in [0, 0.05) is 38.4 Å². The van der Waals surface area contributed by atoms with E-state index >= 15 is 0 Å². The summed E-state index contributed by atoms with van der Waals surface area (Å²) in [5.74, 6) is 0.862. The first-order valence-corrected chi connectivity index (χ1v) is 15.7. The van der Waals surface area contributed by atoms with Crippen LogP contribution in [-0.2, 0) is 25.6 Å². The molecule has 1 aromatic carbocycles. The van der Waals surface area contributed by atoms with E-state index in [0.717, 1.165) is 24.8 Å². The van der Waals surface area contributed by atoms with Crippen molar-refractivity contribution in [3.05, 3.63) is 47.6 Å². The number of amides is 2. The summed E-state index contributed by atoms with van der Waals surface area (Å²) in [5.41, 5.74) is 2.00. The number of carbonyl (C=O) groups excluding carboxylic acids is 3. The van der Waals surface area contributed by atoms with Crippen molar-refractivity contribution in [1.29, 1.82) is 0 Å². The highest BCUT2D eigenvalue weighted by atomic mass is 16.6. The number of hydrogen-bond donors (Lipinski definition) is 2. The Bertz CT molecular complexity index is 1230. The maximum atomic E-state index is 13.4. The van der Waals surface area contributed by atoms with Crippen LogP contribution >= 0.6 is 0 Å². The standard InChI is InChI=1S/C34H48N2O7/c1-7-21(3)33(39)43-30-15-20(2)14-24-10-8-22(4)27(32(24)30)12-11-26-17-25(18-31(38)35-5)36(34(40)42-26)19-23-9-13-28(37)29(16-23)41-6/h8-10,13-14,16,20-22,25-27,30,32,37H,7,11-12,15,17-19H2,1-6H3,(H,35,38)/t20-,21-,22-,25+,26+,27-,30-,32-/m0/s1. The number of hydrogen-bond acceptors (Lipinski definition) is 7. The van der Waals surface area contributed by atoms with Crippen LogP contribution in [0.25, 0.3) is 0 Å². The van der Waals surface area contributed by atoms with Crippen LogP contribution in [0.15, 0.2) is 42.0 Å². The summed E-state index contributed by atoms with van der Waals surface area (Å²) in [5, 5.41) is 12.7. The lowest BCUT2D eigenvalue weighted by Crippen LogP contribution is -2.50. The van der Waals surface area contributed by atoms with Gasteiger partial charge in [0.25, 0.3) is 0 Å². The lowest BCUT2D eigenvalue weighted by Gasteiger charge is -2.44. The van der Waals surface area contributed by atoms with Gasteiger partial charge in [0.2, 0.25) is 5.91 Å². The van der Waals surface area contributed by atoms with Crippen LogP contribution in [-0.4, -0.2) is 60.4 Å². The molecule has 9 nitrogen and oxygen atoms in total. The molecule has 0 radical (unpaired) electrons. The molecule has 2 aliphatic carbocycles. The Kier molecular flexibility index (Phi) is 10.8. The van der Waals surface area contributed by atoms with E-state index in [2.05, 4.69) is 37.4 Å². The van der Waals surface area contributed by atoms with Crippen molar-refractivity contribution in [2.24, 2.45) is 29.6 Å². The summed E-state index contributed by atoms with van der Waals surface area (Å²) in [4.78, 5) is 40.3. The molecule has 0 aromatic heterocycles. The van der Waals surface area contributed by atoms with Crippen molar-refractivity contribution in [2.45, 2.75) is 91.0 Å². The molecule has 0 spiro atoms. The van der Waals surface area contributed by atoms with Gasteiger partial charge in [-0.05, 0) is 66.7 Å². The van der Waals surface area contributed by atoms with Crippen molar-refractivity contribution in [3.63, 3.8) is 0 Å². The van der Waals surface area contributed by atoms with Crippen molar-refractivity contribution in [3.8, 4) is 11.5 Å². The van der Waals surface area contributed by atoms with Crippen molar-refractivity contribution in [2.75, 3.05) is 14.2 Å². The average Bonchev–Trinajstić information content (AvgIpc) is 2.98. The molecule has 43 heavy (non-hydrogen) atoms. The number of ether oxygens (including phenoxy) is 3. The molecule has 1 fully saturated rings. The zero-order valence-electron chi connectivity index (χ0n) is 26.4. The maximum Gasteiger partial charge on any atom is 0.410 e. The minimum absolute atomic E-state index is 0.0172. The number of phenolic OH excluding ortho intramolecular Hbond substituents is 1. The number of esters is 1. The Morgan fingerprint density at radius 1 is 1.21 bits per heavy atom. The van der Waals surface area contributed by atoms with Crippen LogP contribution < -0.4 is 10.1 Å². The number of carbonyl (C=O) groups is 3. The van der Waals surface area contributed by atoms with Gasteiger partial charge in [0.1, 0.15) is 12.2 Å². The molecule has 1 aromatic rings. The number of methoxy groups -OCH3 is 1. The van der Waals surface area contributed by atoms with Crippen LogP contribution in [0.2, 0.25) is 0 Å². The Labute approximate surface area is 255 Å². The lowest BCUT2D eigenvalue weighted by molar-refractivity contribution is -0.158. The van der Waals surface area contributed by atoms with Crippen LogP contribution in [0.3, 0.4) is 0 Å². The molecule has 2 amide bonds. The molecule has 0 saturated carbocycles. The summed E-state index contributed by atoms with van der Waals surface area (Å²) in [7, 11) is 3.06. The number of cyclic esters (lactones) is 1. The second-order valence-electron chi connectivity index (χ2n) is 12.6. The first kappa shape index (κ1) is 32.4. The molecular formula is C34H48N2O7. The first-order valence-electron chi connectivity index (χ1n) is 15.7. The molecule has 0 unspecified atom stereocenters. The molecule has 3 aliphatic rings. The van der Waals surface area contributed by atoms with E-state index < -0.39 is 6.09 Å². The Balaban J connectivity index is 1.49. The van der Waals surface area contributed by atoms with Crippen LogP contribution in [0.1, 0.15) is 71.8 Å². The smallest absolute Gasteiger partial charge is 0.410 e. The molecule has 8 atom stereocenters. The van der Waals surface area contributed by atoms with Gasteiger partial charge in [-0.1, -0.05) is 52.0 Å². The number of aromatic hydroxyl groups is 1. The minimum Gasteiger partial charge on any atom is -0.504 e.